The highest BCUT2D eigenvalue weighted by Crippen LogP contribution is 2.25. The van der Waals surface area contributed by atoms with Crippen molar-refractivity contribution in [1.29, 1.82) is 0 Å². The Morgan fingerprint density at radius 3 is 2.31 bits per heavy atom. The number of benzene rings is 1. The zero-order chi connectivity index (χ0) is 26.7. The van der Waals surface area contributed by atoms with Crippen molar-refractivity contribution in [2.24, 2.45) is 0 Å². The van der Waals surface area contributed by atoms with Crippen molar-refractivity contribution in [3.8, 4) is 0 Å². The molecule has 1 aromatic rings. The lowest BCUT2D eigenvalue weighted by Crippen LogP contribution is -2.46. The Balaban J connectivity index is 2.24. The predicted octanol–water partition coefficient (Wildman–Crippen LogP) is 4.41. The zero-order valence-electron chi connectivity index (χ0n) is 22.7. The minimum absolute atomic E-state index is 0.110. The fourth-order valence-corrected chi connectivity index (χ4v) is 4.38. The van der Waals surface area contributed by atoms with Gasteiger partial charge in [-0.1, -0.05) is 43.0 Å². The van der Waals surface area contributed by atoms with E-state index in [0.717, 1.165) is 48.7 Å². The number of rotatable bonds is 12. The van der Waals surface area contributed by atoms with E-state index < -0.39 is 12.0 Å². The maximum atomic E-state index is 13.5. The largest absolute Gasteiger partial charge is 0.462 e. The molecule has 0 bridgehead atoms. The summed E-state index contributed by atoms with van der Waals surface area (Å²) in [6.07, 6.45) is 9.19. The molecule has 1 aliphatic rings. The fraction of sp³-hybridized carbons (Fsp3) is 0.552. The normalized spacial score (nSPS) is 14.9. The van der Waals surface area contributed by atoms with Crippen LogP contribution in [0.25, 0.3) is 0 Å². The molecule has 198 valence electrons. The summed E-state index contributed by atoms with van der Waals surface area (Å²) in [6.45, 7) is 8.97. The summed E-state index contributed by atoms with van der Waals surface area (Å²) in [5.41, 5.74) is 1.91. The average Bonchev–Trinajstić information content (AvgIpc) is 2.81. The highest BCUT2D eigenvalue weighted by molar-refractivity contribution is 5.94. The molecule has 1 N–H and O–H groups in total. The van der Waals surface area contributed by atoms with E-state index in [1.54, 1.807) is 30.3 Å². The molecular formula is C29H44N3O4+. The molecule has 0 radical (unpaired) electrons. The SMILES string of the molecule is C=CCN(C(=O)C=C(C)C)C(C(=O)NC1CCCCC1)c1ccc(C(=O)OCCC[N+](C)(C)C)cc1. The van der Waals surface area contributed by atoms with Gasteiger partial charge in [0.15, 0.2) is 0 Å². The Bertz CT molecular complexity index is 921. The number of carbonyl (C=O) groups excluding carboxylic acids is 3. The van der Waals surface area contributed by atoms with Crippen molar-refractivity contribution < 1.29 is 23.6 Å². The molecule has 36 heavy (non-hydrogen) atoms. The van der Waals surface area contributed by atoms with Gasteiger partial charge >= 0.3 is 5.97 Å². The molecule has 0 spiro atoms. The van der Waals surface area contributed by atoms with E-state index in [2.05, 4.69) is 33.0 Å². The summed E-state index contributed by atoms with van der Waals surface area (Å²) in [7, 11) is 6.29. The topological polar surface area (TPSA) is 75.7 Å². The number of nitrogens with zero attached hydrogens (tertiary/aromatic N) is 2. The van der Waals surface area contributed by atoms with Gasteiger partial charge < -0.3 is 19.4 Å². The molecule has 0 aliphatic heterocycles. The summed E-state index contributed by atoms with van der Waals surface area (Å²) in [5.74, 6) is -0.857. The standard InChI is InChI=1S/C29H43N3O4/c1-7-18-31(26(33)21-22(2)3)27(28(34)30-25-12-9-8-10-13-25)23-14-16-24(17-15-23)29(35)36-20-11-19-32(4,5)6/h7,14-17,21,25,27H,1,8-13,18-20H2,2-6H3/p+1. The number of carbonyl (C=O) groups is 3. The van der Waals surface area contributed by atoms with E-state index in [0.29, 0.717) is 17.7 Å². The lowest BCUT2D eigenvalue weighted by molar-refractivity contribution is -0.870. The number of amides is 2. The Kier molecular flexibility index (Phi) is 11.4. The van der Waals surface area contributed by atoms with Crippen LogP contribution in [0, 0.1) is 0 Å². The van der Waals surface area contributed by atoms with Crippen LogP contribution in [0.15, 0.2) is 48.6 Å². The van der Waals surface area contributed by atoms with E-state index in [-0.39, 0.29) is 24.4 Å². The van der Waals surface area contributed by atoms with Crippen molar-refractivity contribution >= 4 is 17.8 Å². The molecule has 1 saturated carbocycles. The van der Waals surface area contributed by atoms with Gasteiger partial charge in [0.1, 0.15) is 6.04 Å². The highest BCUT2D eigenvalue weighted by atomic mass is 16.5. The zero-order valence-corrected chi connectivity index (χ0v) is 22.7. The van der Waals surface area contributed by atoms with Gasteiger partial charge in [-0.2, -0.15) is 0 Å². The van der Waals surface area contributed by atoms with Crippen LogP contribution in [0.5, 0.6) is 0 Å². The quantitative estimate of drug-likeness (QED) is 0.152. The predicted molar refractivity (Wildman–Crippen MR) is 143 cm³/mol. The third-order valence-corrected chi connectivity index (χ3v) is 6.20. The van der Waals surface area contributed by atoms with Gasteiger partial charge in [0, 0.05) is 25.1 Å². The molecule has 7 nitrogen and oxygen atoms in total. The summed E-state index contributed by atoms with van der Waals surface area (Å²) in [6, 6.07) is 6.08. The second-order valence-electron chi connectivity index (χ2n) is 10.9. The van der Waals surface area contributed by atoms with Crippen molar-refractivity contribution in [2.45, 2.75) is 64.5 Å². The molecule has 2 amide bonds. The number of allylic oxidation sites excluding steroid dienone is 1. The van der Waals surface area contributed by atoms with E-state index in [4.69, 9.17) is 4.74 Å². The minimum atomic E-state index is -0.831. The number of quaternary nitrogens is 1. The van der Waals surface area contributed by atoms with E-state index in [1.165, 1.54) is 17.4 Å². The van der Waals surface area contributed by atoms with E-state index in [9.17, 15) is 14.4 Å². The Labute approximate surface area is 216 Å². The second kappa shape index (κ2) is 14.0. The lowest BCUT2D eigenvalue weighted by Gasteiger charge is -2.32. The first-order valence-electron chi connectivity index (χ1n) is 13.0. The van der Waals surface area contributed by atoms with Gasteiger partial charge in [-0.25, -0.2) is 4.79 Å². The molecule has 1 unspecified atom stereocenters. The van der Waals surface area contributed by atoms with Crippen molar-refractivity contribution in [3.05, 3.63) is 59.7 Å². The molecule has 1 aliphatic carbocycles. The third-order valence-electron chi connectivity index (χ3n) is 6.20. The van der Waals surface area contributed by atoms with Crippen LogP contribution < -0.4 is 5.32 Å². The fourth-order valence-electron chi connectivity index (χ4n) is 4.38. The van der Waals surface area contributed by atoms with Crippen LogP contribution in [0.4, 0.5) is 0 Å². The molecule has 2 rings (SSSR count). The summed E-state index contributed by atoms with van der Waals surface area (Å²) in [5, 5.41) is 3.17. The molecule has 0 saturated heterocycles. The van der Waals surface area contributed by atoms with Crippen LogP contribution in [0.1, 0.15) is 74.3 Å². The Morgan fingerprint density at radius 1 is 1.11 bits per heavy atom. The molecule has 0 heterocycles. The maximum Gasteiger partial charge on any atom is 0.338 e. The molecule has 0 aromatic heterocycles. The van der Waals surface area contributed by atoms with Crippen LogP contribution in [0.3, 0.4) is 0 Å². The Morgan fingerprint density at radius 2 is 1.75 bits per heavy atom. The number of hydrogen-bond donors (Lipinski definition) is 1. The summed E-state index contributed by atoms with van der Waals surface area (Å²) >= 11 is 0. The van der Waals surface area contributed by atoms with E-state index in [1.807, 2.05) is 13.8 Å². The van der Waals surface area contributed by atoms with Crippen LogP contribution in [0.2, 0.25) is 0 Å². The third kappa shape index (κ3) is 9.61. The molecule has 1 aromatic carbocycles. The first kappa shape index (κ1) is 29.3. The van der Waals surface area contributed by atoms with Gasteiger partial charge in [0.25, 0.3) is 0 Å². The first-order chi connectivity index (χ1) is 17.0. The van der Waals surface area contributed by atoms with Gasteiger partial charge in [0.05, 0.1) is 39.9 Å². The van der Waals surface area contributed by atoms with Crippen LogP contribution in [-0.2, 0) is 14.3 Å². The minimum Gasteiger partial charge on any atom is -0.462 e. The van der Waals surface area contributed by atoms with Gasteiger partial charge in [0.2, 0.25) is 11.8 Å². The highest BCUT2D eigenvalue weighted by Gasteiger charge is 2.31. The molecule has 7 heteroatoms. The number of esters is 1. The second-order valence-corrected chi connectivity index (χ2v) is 10.9. The van der Waals surface area contributed by atoms with Crippen molar-refractivity contribution in [3.63, 3.8) is 0 Å². The average molecular weight is 499 g/mol. The van der Waals surface area contributed by atoms with Gasteiger partial charge in [-0.05, 0) is 44.4 Å². The van der Waals surface area contributed by atoms with Crippen LogP contribution in [-0.4, -0.2) is 74.0 Å². The monoisotopic (exact) mass is 498 g/mol. The maximum absolute atomic E-state index is 13.5. The van der Waals surface area contributed by atoms with Crippen LogP contribution >= 0.6 is 0 Å². The van der Waals surface area contributed by atoms with Gasteiger partial charge in [-0.15, -0.1) is 6.58 Å². The summed E-state index contributed by atoms with van der Waals surface area (Å²) in [4.78, 5) is 40.7. The Hall–Kier alpha value is -2.93. The smallest absolute Gasteiger partial charge is 0.338 e. The van der Waals surface area contributed by atoms with Crippen molar-refractivity contribution in [1.82, 2.24) is 10.2 Å². The van der Waals surface area contributed by atoms with Crippen molar-refractivity contribution in [2.75, 3.05) is 40.8 Å². The first-order valence-corrected chi connectivity index (χ1v) is 13.0. The molecule has 1 atom stereocenters. The number of nitrogens with one attached hydrogen (secondary N) is 1. The molecule has 1 fully saturated rings. The number of hydrogen-bond acceptors (Lipinski definition) is 4. The van der Waals surface area contributed by atoms with Gasteiger partial charge in [-0.3, -0.25) is 9.59 Å². The van der Waals surface area contributed by atoms with E-state index >= 15 is 0 Å². The molecular weight excluding hydrogens is 454 g/mol. The lowest BCUT2D eigenvalue weighted by atomic mass is 9.94. The summed E-state index contributed by atoms with van der Waals surface area (Å²) < 4.78 is 6.23. The number of ether oxygens (including phenoxy) is 1.